The number of carbonyl (C=O) groups excluding carboxylic acids is 1. The van der Waals surface area contributed by atoms with Gasteiger partial charge < -0.3 is 14.8 Å². The number of fused-ring (bicyclic) bond motifs is 1. The van der Waals surface area contributed by atoms with Crippen molar-refractivity contribution in [1.82, 2.24) is 19.7 Å². The van der Waals surface area contributed by atoms with Crippen LogP contribution in [0.15, 0.2) is 45.7 Å². The number of carbonyl (C=O) groups is 1. The summed E-state index contributed by atoms with van der Waals surface area (Å²) in [6, 6.07) is 11.2. The van der Waals surface area contributed by atoms with Crippen LogP contribution in [0.3, 0.4) is 0 Å². The molecule has 0 saturated heterocycles. The van der Waals surface area contributed by atoms with Crippen molar-refractivity contribution in [3.05, 3.63) is 52.4 Å². The van der Waals surface area contributed by atoms with Crippen molar-refractivity contribution in [3.63, 3.8) is 0 Å². The summed E-state index contributed by atoms with van der Waals surface area (Å²) in [5.74, 6) is 0.619. The predicted molar refractivity (Wildman–Crippen MR) is 111 cm³/mol. The smallest absolute Gasteiger partial charge is 0.326 e. The number of benzene rings is 2. The fourth-order valence-corrected chi connectivity index (χ4v) is 3.32. The number of nitrogens with one attached hydrogen (secondary N) is 2. The molecule has 0 spiro atoms. The highest BCUT2D eigenvalue weighted by Crippen LogP contribution is 2.27. The van der Waals surface area contributed by atoms with Crippen LogP contribution in [0, 0.1) is 6.92 Å². The molecular weight excluding hydrogens is 370 g/mol. The first-order valence-corrected chi connectivity index (χ1v) is 9.30. The van der Waals surface area contributed by atoms with Crippen LogP contribution in [0.4, 0.5) is 5.69 Å². The molecule has 0 aliphatic carbocycles. The summed E-state index contributed by atoms with van der Waals surface area (Å²) < 4.78 is 7.14. The Kier molecular flexibility index (Phi) is 4.54. The molecule has 0 aliphatic heterocycles. The molecule has 0 radical (unpaired) electrons. The first-order chi connectivity index (χ1) is 13.8. The average molecular weight is 391 g/mol. The Hall–Kier alpha value is -3.68. The third kappa shape index (κ3) is 3.44. The Labute approximate surface area is 166 Å². The summed E-state index contributed by atoms with van der Waals surface area (Å²) in [5, 5.41) is 6.87. The van der Waals surface area contributed by atoms with Gasteiger partial charge in [0.05, 0.1) is 11.0 Å². The molecule has 29 heavy (non-hydrogen) atoms. The number of aryl methyl sites for hydroxylation is 1. The van der Waals surface area contributed by atoms with E-state index in [9.17, 15) is 9.59 Å². The van der Waals surface area contributed by atoms with Crippen LogP contribution in [0.1, 0.15) is 32.4 Å². The highest BCUT2D eigenvalue weighted by Gasteiger charge is 2.15. The minimum absolute atomic E-state index is 0.0539. The summed E-state index contributed by atoms with van der Waals surface area (Å²) in [6.07, 6.45) is 0. The Morgan fingerprint density at radius 3 is 2.66 bits per heavy atom. The summed E-state index contributed by atoms with van der Waals surface area (Å²) in [5.41, 5.74) is 4.48. The molecule has 4 aromatic rings. The molecule has 0 bridgehead atoms. The number of imidazole rings is 1. The van der Waals surface area contributed by atoms with Crippen LogP contribution in [0.2, 0.25) is 0 Å². The van der Waals surface area contributed by atoms with Crippen LogP contribution in [-0.2, 0) is 4.79 Å². The third-order valence-corrected chi connectivity index (χ3v) is 4.71. The number of hydrogen-bond acceptors (Lipinski definition) is 5. The zero-order valence-corrected chi connectivity index (χ0v) is 16.6. The zero-order chi connectivity index (χ0) is 20.7. The van der Waals surface area contributed by atoms with Crippen molar-refractivity contribution in [2.45, 2.75) is 33.7 Å². The molecule has 4 rings (SSSR count). The van der Waals surface area contributed by atoms with Crippen molar-refractivity contribution in [2.75, 3.05) is 5.32 Å². The molecule has 1 amide bonds. The Bertz CT molecular complexity index is 1280. The van der Waals surface area contributed by atoms with Crippen molar-refractivity contribution in [2.24, 2.45) is 0 Å². The Morgan fingerprint density at radius 2 is 1.93 bits per heavy atom. The molecule has 0 atom stereocenters. The van der Waals surface area contributed by atoms with Crippen LogP contribution in [0.25, 0.3) is 33.9 Å². The molecular formula is C21H21N5O3. The summed E-state index contributed by atoms with van der Waals surface area (Å²) in [7, 11) is 0. The highest BCUT2D eigenvalue weighted by molar-refractivity contribution is 5.90. The van der Waals surface area contributed by atoms with Gasteiger partial charge in [-0.1, -0.05) is 11.2 Å². The zero-order valence-electron chi connectivity index (χ0n) is 16.6. The van der Waals surface area contributed by atoms with Gasteiger partial charge in [-0.15, -0.1) is 0 Å². The van der Waals surface area contributed by atoms with Gasteiger partial charge in [0.1, 0.15) is 0 Å². The van der Waals surface area contributed by atoms with E-state index < -0.39 is 0 Å². The number of rotatable bonds is 4. The van der Waals surface area contributed by atoms with Crippen molar-refractivity contribution in [3.8, 4) is 22.8 Å². The largest absolute Gasteiger partial charge is 0.334 e. The number of nitrogens with zero attached hydrogens (tertiary/aromatic N) is 3. The van der Waals surface area contributed by atoms with E-state index in [0.717, 1.165) is 22.2 Å². The van der Waals surface area contributed by atoms with Gasteiger partial charge >= 0.3 is 5.69 Å². The second kappa shape index (κ2) is 7.05. The Balaban J connectivity index is 1.71. The van der Waals surface area contributed by atoms with E-state index >= 15 is 0 Å². The van der Waals surface area contributed by atoms with E-state index in [2.05, 4.69) is 20.4 Å². The maximum absolute atomic E-state index is 12.2. The maximum atomic E-state index is 12.2. The lowest BCUT2D eigenvalue weighted by Gasteiger charge is -2.07. The topological polar surface area (TPSA) is 106 Å². The molecule has 0 fully saturated rings. The number of aromatic amines is 1. The van der Waals surface area contributed by atoms with E-state index in [4.69, 9.17) is 4.52 Å². The fourth-order valence-electron chi connectivity index (χ4n) is 3.32. The van der Waals surface area contributed by atoms with E-state index in [1.165, 1.54) is 6.92 Å². The normalized spacial score (nSPS) is 11.3. The van der Waals surface area contributed by atoms with Gasteiger partial charge in [-0.3, -0.25) is 9.36 Å². The monoisotopic (exact) mass is 391 g/mol. The standard InChI is InChI=1S/C21H21N5O3/c1-11(2)26-18-8-7-14(9-17(18)23-21(26)28)19-24-20(29-25-19)15-6-5-12(3)16(10-15)22-13(4)27/h5-11H,1-4H3,(H,22,27)(H,23,28). The van der Waals surface area contributed by atoms with Gasteiger partial charge in [-0.25, -0.2) is 4.79 Å². The average Bonchev–Trinajstić information content (AvgIpc) is 3.26. The van der Waals surface area contributed by atoms with Crippen LogP contribution in [0.5, 0.6) is 0 Å². The number of aromatic nitrogens is 4. The Morgan fingerprint density at radius 1 is 1.17 bits per heavy atom. The maximum Gasteiger partial charge on any atom is 0.326 e. The fraction of sp³-hybridized carbons (Fsp3) is 0.238. The lowest BCUT2D eigenvalue weighted by atomic mass is 10.1. The van der Waals surface area contributed by atoms with Gasteiger partial charge in [-0.2, -0.15) is 4.98 Å². The van der Waals surface area contributed by atoms with Gasteiger partial charge in [0, 0.05) is 29.8 Å². The van der Waals surface area contributed by atoms with Crippen LogP contribution < -0.4 is 11.0 Å². The summed E-state index contributed by atoms with van der Waals surface area (Å²) in [4.78, 5) is 30.9. The third-order valence-electron chi connectivity index (χ3n) is 4.71. The molecule has 2 aromatic carbocycles. The quantitative estimate of drug-likeness (QED) is 0.549. The number of hydrogen-bond donors (Lipinski definition) is 2. The first-order valence-electron chi connectivity index (χ1n) is 9.30. The number of H-pyrrole nitrogens is 1. The predicted octanol–water partition coefficient (Wildman–Crippen LogP) is 3.89. The number of amides is 1. The van der Waals surface area contributed by atoms with Crippen molar-refractivity contribution < 1.29 is 9.32 Å². The lowest BCUT2D eigenvalue weighted by molar-refractivity contribution is -0.114. The van der Waals surface area contributed by atoms with E-state index in [0.29, 0.717) is 23.0 Å². The van der Waals surface area contributed by atoms with E-state index in [-0.39, 0.29) is 17.6 Å². The SMILES string of the molecule is CC(=O)Nc1cc(-c2nc(-c3ccc4c(c3)[nH]c(=O)n4C(C)C)no2)ccc1C. The van der Waals surface area contributed by atoms with Gasteiger partial charge in [0.2, 0.25) is 11.7 Å². The molecule has 0 unspecified atom stereocenters. The molecule has 0 aliphatic rings. The second-order valence-corrected chi connectivity index (χ2v) is 7.26. The first kappa shape index (κ1) is 18.7. The van der Waals surface area contributed by atoms with Gasteiger partial charge in [0.25, 0.3) is 5.89 Å². The van der Waals surface area contributed by atoms with Gasteiger partial charge in [0.15, 0.2) is 0 Å². The van der Waals surface area contributed by atoms with E-state index in [1.54, 1.807) is 10.6 Å². The molecule has 148 valence electrons. The highest BCUT2D eigenvalue weighted by atomic mass is 16.5. The molecule has 2 aromatic heterocycles. The van der Waals surface area contributed by atoms with Crippen molar-refractivity contribution >= 4 is 22.6 Å². The second-order valence-electron chi connectivity index (χ2n) is 7.26. The summed E-state index contributed by atoms with van der Waals surface area (Å²) in [6.45, 7) is 7.30. The van der Waals surface area contributed by atoms with Gasteiger partial charge in [-0.05, 0) is 56.7 Å². The molecule has 8 heteroatoms. The molecule has 0 saturated carbocycles. The molecule has 2 heterocycles. The minimum Gasteiger partial charge on any atom is -0.334 e. The summed E-state index contributed by atoms with van der Waals surface area (Å²) >= 11 is 0. The molecule has 8 nitrogen and oxygen atoms in total. The van der Waals surface area contributed by atoms with E-state index in [1.807, 2.05) is 51.1 Å². The lowest BCUT2D eigenvalue weighted by Crippen LogP contribution is -2.18. The van der Waals surface area contributed by atoms with Crippen molar-refractivity contribution in [1.29, 1.82) is 0 Å². The van der Waals surface area contributed by atoms with Crippen LogP contribution in [-0.4, -0.2) is 25.6 Å². The number of anilines is 1. The minimum atomic E-state index is -0.147. The van der Waals surface area contributed by atoms with Crippen LogP contribution >= 0.6 is 0 Å². The molecule has 2 N–H and O–H groups in total.